The zero-order valence-electron chi connectivity index (χ0n) is 16.6. The molecule has 0 spiro atoms. The minimum absolute atomic E-state index is 0.000504. The number of nitro benzene ring substituents is 1. The Labute approximate surface area is 163 Å². The largest absolute Gasteiger partial charge is 0.444 e. The van der Waals surface area contributed by atoms with Gasteiger partial charge >= 0.3 is 6.09 Å². The maximum absolute atomic E-state index is 12.3. The Hall–Kier alpha value is -2.97. The molecule has 0 unspecified atom stereocenters. The zero-order valence-corrected chi connectivity index (χ0v) is 16.6. The highest BCUT2D eigenvalue weighted by Gasteiger charge is 2.29. The first-order chi connectivity index (χ1) is 13.1. The number of nitrogens with zero attached hydrogens (tertiary/aromatic N) is 5. The number of anilines is 1. The Bertz CT molecular complexity index is 888. The molecule has 2 heterocycles. The van der Waals surface area contributed by atoms with Crippen molar-refractivity contribution in [2.75, 3.05) is 25.0 Å². The van der Waals surface area contributed by atoms with E-state index in [0.29, 0.717) is 11.0 Å². The van der Waals surface area contributed by atoms with Gasteiger partial charge in [-0.25, -0.2) is 9.78 Å². The van der Waals surface area contributed by atoms with Gasteiger partial charge in [-0.2, -0.15) is 0 Å². The number of carbonyl (C=O) groups excluding carboxylic acids is 1. The Morgan fingerprint density at radius 1 is 1.29 bits per heavy atom. The number of benzene rings is 1. The summed E-state index contributed by atoms with van der Waals surface area (Å²) in [4.78, 5) is 35.4. The predicted octanol–water partition coefficient (Wildman–Crippen LogP) is 3.37. The van der Waals surface area contributed by atoms with E-state index in [1.54, 1.807) is 24.2 Å². The van der Waals surface area contributed by atoms with Crippen LogP contribution in [0.2, 0.25) is 0 Å². The summed E-state index contributed by atoms with van der Waals surface area (Å²) in [5.41, 5.74) is 0.607. The van der Waals surface area contributed by atoms with Crippen LogP contribution in [0.15, 0.2) is 24.4 Å². The standard InChI is InChI=1S/C19H25N5O4/c1-19(2,3)28-18(25)22(4)13-7-9-23(10-8-13)17-12-20-16-11-14(24(26)27)5-6-15(16)21-17/h5-6,11-13H,7-10H2,1-4H3. The highest BCUT2D eigenvalue weighted by Crippen LogP contribution is 2.24. The third-order valence-corrected chi connectivity index (χ3v) is 4.74. The number of amides is 1. The molecule has 0 saturated carbocycles. The van der Waals surface area contributed by atoms with E-state index in [2.05, 4.69) is 14.9 Å². The molecule has 9 heteroatoms. The van der Waals surface area contributed by atoms with Crippen LogP contribution in [-0.4, -0.2) is 57.7 Å². The first kappa shape index (κ1) is 19.8. The number of non-ortho nitro benzene ring substituents is 1. The Balaban J connectivity index is 1.65. The van der Waals surface area contributed by atoms with Crippen LogP contribution in [0, 0.1) is 10.1 Å². The highest BCUT2D eigenvalue weighted by molar-refractivity contribution is 5.78. The average Bonchev–Trinajstić information content (AvgIpc) is 2.65. The quantitative estimate of drug-likeness (QED) is 0.588. The SMILES string of the molecule is CN(C(=O)OC(C)(C)C)C1CCN(c2cnc3cc([N+](=O)[O-])ccc3n2)CC1. The Kier molecular flexibility index (Phi) is 5.35. The molecule has 1 aliphatic rings. The normalized spacial score (nSPS) is 15.5. The summed E-state index contributed by atoms with van der Waals surface area (Å²) in [5, 5.41) is 10.9. The van der Waals surface area contributed by atoms with Crippen molar-refractivity contribution < 1.29 is 14.5 Å². The Morgan fingerprint density at radius 2 is 1.96 bits per heavy atom. The van der Waals surface area contributed by atoms with Gasteiger partial charge in [0.2, 0.25) is 0 Å². The first-order valence-corrected chi connectivity index (χ1v) is 9.26. The molecule has 9 nitrogen and oxygen atoms in total. The molecular weight excluding hydrogens is 362 g/mol. The molecule has 1 aliphatic heterocycles. The number of piperidine rings is 1. The lowest BCUT2D eigenvalue weighted by Gasteiger charge is -2.37. The zero-order chi connectivity index (χ0) is 20.5. The van der Waals surface area contributed by atoms with Crippen LogP contribution in [0.25, 0.3) is 11.0 Å². The van der Waals surface area contributed by atoms with E-state index >= 15 is 0 Å². The fourth-order valence-corrected chi connectivity index (χ4v) is 3.22. The van der Waals surface area contributed by atoms with Crippen molar-refractivity contribution in [3.63, 3.8) is 0 Å². The molecule has 1 aromatic heterocycles. The monoisotopic (exact) mass is 387 g/mol. The van der Waals surface area contributed by atoms with Crippen LogP contribution in [0.1, 0.15) is 33.6 Å². The first-order valence-electron chi connectivity index (χ1n) is 9.26. The number of hydrogen-bond donors (Lipinski definition) is 0. The lowest BCUT2D eigenvalue weighted by molar-refractivity contribution is -0.384. The van der Waals surface area contributed by atoms with Gasteiger partial charge in [0, 0.05) is 38.3 Å². The second-order valence-corrected chi connectivity index (χ2v) is 7.97. The van der Waals surface area contributed by atoms with Crippen LogP contribution < -0.4 is 4.90 Å². The third-order valence-electron chi connectivity index (χ3n) is 4.74. The van der Waals surface area contributed by atoms with Crippen molar-refractivity contribution in [3.8, 4) is 0 Å². The lowest BCUT2D eigenvalue weighted by atomic mass is 10.0. The van der Waals surface area contributed by atoms with Gasteiger partial charge in [-0.3, -0.25) is 15.1 Å². The molecule has 28 heavy (non-hydrogen) atoms. The van der Waals surface area contributed by atoms with Crippen LogP contribution in [0.4, 0.5) is 16.3 Å². The van der Waals surface area contributed by atoms with Crippen LogP contribution in [0.5, 0.6) is 0 Å². The summed E-state index contributed by atoms with van der Waals surface area (Å²) in [6, 6.07) is 4.59. The molecule has 1 amide bonds. The summed E-state index contributed by atoms with van der Waals surface area (Å²) >= 11 is 0. The number of nitro groups is 1. The highest BCUT2D eigenvalue weighted by atomic mass is 16.6. The molecule has 0 radical (unpaired) electrons. The van der Waals surface area contributed by atoms with Gasteiger partial charge in [-0.1, -0.05) is 0 Å². The molecule has 3 rings (SSSR count). The number of aromatic nitrogens is 2. The number of hydrogen-bond acceptors (Lipinski definition) is 7. The summed E-state index contributed by atoms with van der Waals surface area (Å²) in [6.07, 6.45) is 2.94. The van der Waals surface area contributed by atoms with E-state index in [1.165, 1.54) is 12.1 Å². The van der Waals surface area contributed by atoms with Crippen molar-refractivity contribution >= 4 is 28.6 Å². The average molecular weight is 387 g/mol. The van der Waals surface area contributed by atoms with E-state index in [-0.39, 0.29) is 17.8 Å². The van der Waals surface area contributed by atoms with Crippen molar-refractivity contribution in [2.45, 2.75) is 45.3 Å². The van der Waals surface area contributed by atoms with Gasteiger partial charge in [0.05, 0.1) is 22.2 Å². The molecular formula is C19H25N5O4. The number of rotatable bonds is 3. The molecule has 0 aliphatic carbocycles. The lowest BCUT2D eigenvalue weighted by Crippen LogP contribution is -2.47. The summed E-state index contributed by atoms with van der Waals surface area (Å²) < 4.78 is 5.44. The van der Waals surface area contributed by atoms with Gasteiger partial charge in [0.15, 0.2) is 0 Å². The molecule has 0 bridgehead atoms. The van der Waals surface area contributed by atoms with Crippen molar-refractivity contribution in [2.24, 2.45) is 0 Å². The summed E-state index contributed by atoms with van der Waals surface area (Å²) in [5.74, 6) is 0.736. The number of ether oxygens (including phenoxy) is 1. The molecule has 1 aromatic carbocycles. The Morgan fingerprint density at radius 3 is 2.57 bits per heavy atom. The predicted molar refractivity (Wildman–Crippen MR) is 105 cm³/mol. The second-order valence-electron chi connectivity index (χ2n) is 7.97. The molecule has 1 fully saturated rings. The summed E-state index contributed by atoms with van der Waals surface area (Å²) in [6.45, 7) is 7.05. The number of carbonyl (C=O) groups is 1. The van der Waals surface area contributed by atoms with Crippen LogP contribution in [-0.2, 0) is 4.74 Å². The molecule has 150 valence electrons. The van der Waals surface area contributed by atoms with Gasteiger partial charge in [0.1, 0.15) is 11.4 Å². The maximum Gasteiger partial charge on any atom is 0.410 e. The summed E-state index contributed by atoms with van der Waals surface area (Å²) in [7, 11) is 1.77. The van der Waals surface area contributed by atoms with E-state index in [4.69, 9.17) is 4.74 Å². The fourth-order valence-electron chi connectivity index (χ4n) is 3.22. The van der Waals surface area contributed by atoms with E-state index in [9.17, 15) is 14.9 Å². The van der Waals surface area contributed by atoms with Crippen molar-refractivity contribution in [3.05, 3.63) is 34.5 Å². The molecule has 2 aromatic rings. The molecule has 1 saturated heterocycles. The van der Waals surface area contributed by atoms with Crippen molar-refractivity contribution in [1.82, 2.24) is 14.9 Å². The van der Waals surface area contributed by atoms with E-state index < -0.39 is 10.5 Å². The molecule has 0 N–H and O–H groups in total. The van der Waals surface area contributed by atoms with Crippen molar-refractivity contribution in [1.29, 1.82) is 0 Å². The second kappa shape index (κ2) is 7.57. The van der Waals surface area contributed by atoms with Gasteiger partial charge in [-0.05, 0) is 39.7 Å². The third kappa shape index (κ3) is 4.47. The van der Waals surface area contributed by atoms with E-state index in [0.717, 1.165) is 31.7 Å². The van der Waals surface area contributed by atoms with Crippen LogP contribution >= 0.6 is 0 Å². The van der Waals surface area contributed by atoms with Gasteiger partial charge in [-0.15, -0.1) is 0 Å². The minimum Gasteiger partial charge on any atom is -0.444 e. The van der Waals surface area contributed by atoms with Crippen LogP contribution in [0.3, 0.4) is 0 Å². The minimum atomic E-state index is -0.512. The smallest absolute Gasteiger partial charge is 0.410 e. The van der Waals surface area contributed by atoms with E-state index in [1.807, 2.05) is 20.8 Å². The molecule has 0 atom stereocenters. The van der Waals surface area contributed by atoms with Gasteiger partial charge < -0.3 is 14.5 Å². The van der Waals surface area contributed by atoms with Gasteiger partial charge in [0.25, 0.3) is 5.69 Å². The maximum atomic E-state index is 12.3. The number of fused-ring (bicyclic) bond motifs is 1. The topological polar surface area (TPSA) is 102 Å². The fraction of sp³-hybridized carbons (Fsp3) is 0.526.